The van der Waals surface area contributed by atoms with E-state index in [1.807, 2.05) is 44.2 Å². The second-order valence-electron chi connectivity index (χ2n) is 3.26. The van der Waals surface area contributed by atoms with Crippen molar-refractivity contribution in [3.05, 3.63) is 35.9 Å². The molecule has 0 heterocycles. The van der Waals surface area contributed by atoms with Gasteiger partial charge in [-0.15, -0.1) is 0 Å². The molecule has 3 heteroatoms. The summed E-state index contributed by atoms with van der Waals surface area (Å²) in [6.07, 6.45) is 0.0836. The van der Waals surface area contributed by atoms with E-state index in [2.05, 4.69) is 5.16 Å². The van der Waals surface area contributed by atoms with Gasteiger partial charge in [-0.3, -0.25) is 0 Å². The van der Waals surface area contributed by atoms with Gasteiger partial charge in [0.1, 0.15) is 11.8 Å². The third-order valence-corrected chi connectivity index (χ3v) is 1.67. The predicted molar refractivity (Wildman–Crippen MR) is 58.3 cm³/mol. The van der Waals surface area contributed by atoms with Crippen molar-refractivity contribution in [2.24, 2.45) is 10.9 Å². The van der Waals surface area contributed by atoms with Crippen LogP contribution in [0.5, 0.6) is 0 Å². The molecule has 14 heavy (non-hydrogen) atoms. The predicted octanol–water partition coefficient (Wildman–Crippen LogP) is 1.77. The minimum atomic E-state index is 0.0836. The van der Waals surface area contributed by atoms with Crippen LogP contribution in [0.25, 0.3) is 0 Å². The van der Waals surface area contributed by atoms with Crippen molar-refractivity contribution in [2.45, 2.75) is 20.0 Å². The number of hydrogen-bond acceptors (Lipinski definition) is 3. The quantitative estimate of drug-likeness (QED) is 0.584. The number of benzene rings is 1. The highest BCUT2D eigenvalue weighted by Crippen LogP contribution is 2.01. The maximum Gasteiger partial charge on any atom is 0.122 e. The Labute approximate surface area is 84.6 Å². The monoisotopic (exact) mass is 192 g/mol. The first kappa shape index (κ1) is 10.7. The summed E-state index contributed by atoms with van der Waals surface area (Å²) < 4.78 is 0. The van der Waals surface area contributed by atoms with E-state index in [4.69, 9.17) is 10.6 Å². The smallest absolute Gasteiger partial charge is 0.122 e. The fraction of sp³-hybridized carbons (Fsp3) is 0.364. The minimum Gasteiger partial charge on any atom is -0.393 e. The molecule has 2 N–H and O–H groups in total. The summed E-state index contributed by atoms with van der Waals surface area (Å²) in [6.45, 7) is 4.25. The molecule has 0 spiro atoms. The van der Waals surface area contributed by atoms with Gasteiger partial charge < -0.3 is 10.6 Å². The number of nitrogens with two attached hydrogens (primary N) is 1. The number of rotatable bonds is 4. The molecule has 0 bridgehead atoms. The van der Waals surface area contributed by atoms with Crippen molar-refractivity contribution in [1.29, 1.82) is 0 Å². The van der Waals surface area contributed by atoms with Gasteiger partial charge in [-0.05, 0) is 13.8 Å². The average molecular weight is 192 g/mol. The van der Waals surface area contributed by atoms with Crippen LogP contribution in [-0.2, 0) is 4.84 Å². The zero-order valence-electron chi connectivity index (χ0n) is 8.60. The number of oxime groups is 1. The molecule has 0 amide bonds. The summed E-state index contributed by atoms with van der Waals surface area (Å²) in [5, 5.41) is 4.00. The van der Waals surface area contributed by atoms with Crippen molar-refractivity contribution in [3.63, 3.8) is 0 Å². The Morgan fingerprint density at radius 1 is 1.36 bits per heavy atom. The summed E-state index contributed by atoms with van der Waals surface area (Å²) in [4.78, 5) is 5.16. The van der Waals surface area contributed by atoms with Crippen LogP contribution >= 0.6 is 0 Å². The average Bonchev–Trinajstić information content (AvgIpc) is 2.20. The van der Waals surface area contributed by atoms with E-state index >= 15 is 0 Å². The van der Waals surface area contributed by atoms with Gasteiger partial charge in [-0.1, -0.05) is 35.5 Å². The van der Waals surface area contributed by atoms with Gasteiger partial charge >= 0.3 is 0 Å². The lowest BCUT2D eigenvalue weighted by Gasteiger charge is -2.06. The molecule has 0 saturated heterocycles. The highest BCUT2D eigenvalue weighted by molar-refractivity contribution is 6.01. The van der Waals surface area contributed by atoms with E-state index in [1.54, 1.807) is 0 Å². The lowest BCUT2D eigenvalue weighted by Crippen LogP contribution is -2.16. The molecule has 0 aliphatic carbocycles. The first-order valence-electron chi connectivity index (χ1n) is 4.72. The van der Waals surface area contributed by atoms with Crippen LogP contribution in [0, 0.1) is 0 Å². The van der Waals surface area contributed by atoms with Crippen LogP contribution in [0.2, 0.25) is 0 Å². The Bertz CT molecular complexity index is 293. The van der Waals surface area contributed by atoms with Gasteiger partial charge in [0.25, 0.3) is 0 Å². The van der Waals surface area contributed by atoms with Gasteiger partial charge in [0, 0.05) is 12.1 Å². The normalized spacial score (nSPS) is 11.9. The zero-order chi connectivity index (χ0) is 10.4. The minimum absolute atomic E-state index is 0.0836. The highest BCUT2D eigenvalue weighted by atomic mass is 16.6. The molecule has 0 saturated carbocycles. The van der Waals surface area contributed by atoms with Crippen LogP contribution in [0.15, 0.2) is 35.5 Å². The molecule has 0 fully saturated rings. The molecule has 0 unspecified atom stereocenters. The molecule has 1 aromatic carbocycles. The van der Waals surface area contributed by atoms with Gasteiger partial charge in [-0.2, -0.15) is 0 Å². The SMILES string of the molecule is CC(C)ON=C(CN)c1ccccc1. The maximum atomic E-state index is 5.58. The first-order chi connectivity index (χ1) is 6.74. The summed E-state index contributed by atoms with van der Waals surface area (Å²) >= 11 is 0. The second-order valence-corrected chi connectivity index (χ2v) is 3.26. The Balaban J connectivity index is 2.77. The van der Waals surface area contributed by atoms with Crippen LogP contribution in [0.4, 0.5) is 0 Å². The molecule has 76 valence electrons. The second kappa shape index (κ2) is 5.40. The van der Waals surface area contributed by atoms with Crippen LogP contribution < -0.4 is 5.73 Å². The zero-order valence-corrected chi connectivity index (χ0v) is 8.60. The van der Waals surface area contributed by atoms with Crippen molar-refractivity contribution in [2.75, 3.05) is 6.54 Å². The van der Waals surface area contributed by atoms with Gasteiger partial charge in [-0.25, -0.2) is 0 Å². The largest absolute Gasteiger partial charge is 0.393 e. The highest BCUT2D eigenvalue weighted by Gasteiger charge is 2.01. The van der Waals surface area contributed by atoms with E-state index in [0.29, 0.717) is 6.54 Å². The summed E-state index contributed by atoms with van der Waals surface area (Å²) in [5.74, 6) is 0. The van der Waals surface area contributed by atoms with E-state index in [0.717, 1.165) is 11.3 Å². The van der Waals surface area contributed by atoms with Crippen LogP contribution in [-0.4, -0.2) is 18.4 Å². The first-order valence-corrected chi connectivity index (χ1v) is 4.72. The Kier molecular flexibility index (Phi) is 4.13. The fourth-order valence-electron chi connectivity index (χ4n) is 1.01. The third kappa shape index (κ3) is 3.18. The van der Waals surface area contributed by atoms with Crippen molar-refractivity contribution in [1.82, 2.24) is 0 Å². The van der Waals surface area contributed by atoms with E-state index in [9.17, 15) is 0 Å². The standard InChI is InChI=1S/C11H16N2O/c1-9(2)14-13-11(8-12)10-6-4-3-5-7-10/h3-7,9H,8,12H2,1-2H3. The van der Waals surface area contributed by atoms with E-state index < -0.39 is 0 Å². The van der Waals surface area contributed by atoms with Gasteiger partial charge in [0.2, 0.25) is 0 Å². The molecular formula is C11H16N2O. The summed E-state index contributed by atoms with van der Waals surface area (Å²) in [6, 6.07) is 9.80. The summed E-state index contributed by atoms with van der Waals surface area (Å²) in [5.41, 5.74) is 7.37. The molecule has 0 atom stereocenters. The Morgan fingerprint density at radius 2 is 2.00 bits per heavy atom. The lowest BCUT2D eigenvalue weighted by molar-refractivity contribution is 0.0859. The fourth-order valence-corrected chi connectivity index (χ4v) is 1.01. The third-order valence-electron chi connectivity index (χ3n) is 1.67. The van der Waals surface area contributed by atoms with E-state index in [1.165, 1.54) is 0 Å². The van der Waals surface area contributed by atoms with Crippen molar-refractivity contribution in [3.8, 4) is 0 Å². The summed E-state index contributed by atoms with van der Waals surface area (Å²) in [7, 11) is 0. The van der Waals surface area contributed by atoms with Crippen LogP contribution in [0.3, 0.4) is 0 Å². The van der Waals surface area contributed by atoms with Gasteiger partial charge in [0.05, 0.1) is 0 Å². The molecular weight excluding hydrogens is 176 g/mol. The molecule has 3 nitrogen and oxygen atoms in total. The van der Waals surface area contributed by atoms with Gasteiger partial charge in [0.15, 0.2) is 0 Å². The lowest BCUT2D eigenvalue weighted by atomic mass is 10.1. The molecule has 0 aliphatic rings. The molecule has 0 radical (unpaired) electrons. The number of hydrogen-bond donors (Lipinski definition) is 1. The Hall–Kier alpha value is -1.35. The Morgan fingerprint density at radius 3 is 2.50 bits per heavy atom. The molecule has 1 rings (SSSR count). The van der Waals surface area contributed by atoms with Crippen molar-refractivity contribution >= 4 is 5.71 Å². The molecule has 0 aromatic heterocycles. The van der Waals surface area contributed by atoms with Crippen LogP contribution in [0.1, 0.15) is 19.4 Å². The van der Waals surface area contributed by atoms with E-state index in [-0.39, 0.29) is 6.10 Å². The topological polar surface area (TPSA) is 47.6 Å². The van der Waals surface area contributed by atoms with Crippen molar-refractivity contribution < 1.29 is 4.84 Å². The number of nitrogens with zero attached hydrogens (tertiary/aromatic N) is 1. The molecule has 1 aromatic rings. The maximum absolute atomic E-state index is 5.58. The molecule has 0 aliphatic heterocycles.